The highest BCUT2D eigenvalue weighted by molar-refractivity contribution is 7.91. The molecule has 0 N–H and O–H groups in total. The van der Waals surface area contributed by atoms with Gasteiger partial charge in [0.15, 0.2) is 16.2 Å². The Hall–Kier alpha value is -1.37. The lowest BCUT2D eigenvalue weighted by atomic mass is 10.2. The van der Waals surface area contributed by atoms with Crippen LogP contribution in [-0.2, 0) is 21.1 Å². The maximum absolute atomic E-state index is 12.0. The Balaban J connectivity index is 2.00. The van der Waals surface area contributed by atoms with Crippen molar-refractivity contribution in [3.63, 3.8) is 0 Å². The summed E-state index contributed by atoms with van der Waals surface area (Å²) in [6.07, 6.45) is 1.94. The molecule has 2 rings (SSSR count). The van der Waals surface area contributed by atoms with Crippen LogP contribution in [0.4, 0.5) is 0 Å². The molecular weight excluding hydrogens is 256 g/mol. The van der Waals surface area contributed by atoms with E-state index in [9.17, 15) is 13.2 Å². The van der Waals surface area contributed by atoms with Gasteiger partial charge in [-0.05, 0) is 13.3 Å². The summed E-state index contributed by atoms with van der Waals surface area (Å²) in [6.45, 7) is 1.77. The van der Waals surface area contributed by atoms with Crippen LogP contribution in [0.2, 0.25) is 0 Å². The summed E-state index contributed by atoms with van der Waals surface area (Å²) >= 11 is 0. The van der Waals surface area contributed by atoms with Crippen molar-refractivity contribution in [1.29, 1.82) is 0 Å². The van der Waals surface area contributed by atoms with Crippen LogP contribution in [0.3, 0.4) is 0 Å². The van der Waals surface area contributed by atoms with E-state index in [2.05, 4.69) is 4.98 Å². The molecule has 1 aromatic rings. The first-order valence-electron chi connectivity index (χ1n) is 5.74. The van der Waals surface area contributed by atoms with Crippen molar-refractivity contribution in [2.75, 3.05) is 18.6 Å². The lowest BCUT2D eigenvalue weighted by Gasteiger charge is -2.22. The fourth-order valence-corrected chi connectivity index (χ4v) is 3.82. The predicted octanol–water partition coefficient (Wildman–Crippen LogP) is 0.171. The van der Waals surface area contributed by atoms with Gasteiger partial charge in [0.05, 0.1) is 23.6 Å². The molecule has 0 saturated carbocycles. The van der Waals surface area contributed by atoms with Gasteiger partial charge in [-0.15, -0.1) is 0 Å². The van der Waals surface area contributed by atoms with Crippen LogP contribution in [0.15, 0.2) is 10.8 Å². The molecule has 0 aliphatic carbocycles. The third-order valence-electron chi connectivity index (χ3n) is 3.31. The normalized spacial score (nSPS) is 22.0. The zero-order valence-electron chi connectivity index (χ0n) is 10.4. The molecule has 1 aliphatic heterocycles. The van der Waals surface area contributed by atoms with Crippen molar-refractivity contribution in [2.45, 2.75) is 25.8 Å². The lowest BCUT2D eigenvalue weighted by Crippen LogP contribution is -2.38. The molecule has 0 radical (unpaired) electrons. The van der Waals surface area contributed by atoms with E-state index in [1.807, 2.05) is 0 Å². The van der Waals surface area contributed by atoms with Crippen molar-refractivity contribution < 1.29 is 17.6 Å². The van der Waals surface area contributed by atoms with Gasteiger partial charge in [-0.1, -0.05) is 0 Å². The molecular formula is C11H16N2O4S. The Morgan fingerprint density at radius 3 is 2.83 bits per heavy atom. The first kappa shape index (κ1) is 13.1. The second-order valence-corrected chi connectivity index (χ2v) is 6.83. The number of rotatable bonds is 3. The van der Waals surface area contributed by atoms with E-state index in [4.69, 9.17) is 4.42 Å². The van der Waals surface area contributed by atoms with Crippen molar-refractivity contribution >= 4 is 15.7 Å². The smallest absolute Gasteiger partial charge is 0.230 e. The van der Waals surface area contributed by atoms with Crippen LogP contribution in [0.25, 0.3) is 0 Å². The molecule has 1 unspecified atom stereocenters. The van der Waals surface area contributed by atoms with Crippen molar-refractivity contribution in [1.82, 2.24) is 9.88 Å². The fourth-order valence-electron chi connectivity index (χ4n) is 2.04. The van der Waals surface area contributed by atoms with Crippen LogP contribution in [0, 0.1) is 6.92 Å². The van der Waals surface area contributed by atoms with Gasteiger partial charge in [-0.2, -0.15) is 0 Å². The number of carbonyl (C=O) groups excluding carboxylic acids is 1. The molecule has 100 valence electrons. The average Bonchev–Trinajstić information content (AvgIpc) is 2.84. The molecule has 1 aromatic heterocycles. The number of likely N-dealkylation sites (N-methyl/N-ethyl adjacent to an activating group) is 1. The van der Waals surface area contributed by atoms with Gasteiger partial charge in [0.25, 0.3) is 0 Å². The molecule has 1 aliphatic rings. The number of carbonyl (C=O) groups is 1. The van der Waals surface area contributed by atoms with Crippen LogP contribution in [0.5, 0.6) is 0 Å². The molecule has 1 fully saturated rings. The molecule has 1 saturated heterocycles. The second-order valence-electron chi connectivity index (χ2n) is 4.60. The van der Waals surface area contributed by atoms with Gasteiger partial charge in [-0.3, -0.25) is 4.79 Å². The first-order valence-corrected chi connectivity index (χ1v) is 7.56. The van der Waals surface area contributed by atoms with Gasteiger partial charge in [0.2, 0.25) is 5.91 Å². The molecule has 6 nitrogen and oxygen atoms in total. The number of hydrogen-bond donors (Lipinski definition) is 0. The third kappa shape index (κ3) is 2.72. The predicted molar refractivity (Wildman–Crippen MR) is 64.8 cm³/mol. The molecule has 0 bridgehead atoms. The van der Waals surface area contributed by atoms with Gasteiger partial charge in [0, 0.05) is 13.1 Å². The Bertz CT molecular complexity index is 549. The van der Waals surface area contributed by atoms with E-state index in [0.717, 1.165) is 0 Å². The minimum absolute atomic E-state index is 0.0601. The van der Waals surface area contributed by atoms with E-state index in [0.29, 0.717) is 17.9 Å². The number of oxazole rings is 1. The molecule has 2 heterocycles. The summed E-state index contributed by atoms with van der Waals surface area (Å²) < 4.78 is 27.9. The quantitative estimate of drug-likeness (QED) is 0.783. The number of nitrogens with zero attached hydrogens (tertiary/aromatic N) is 2. The highest BCUT2D eigenvalue weighted by atomic mass is 32.2. The van der Waals surface area contributed by atoms with Crippen molar-refractivity contribution in [3.05, 3.63) is 17.8 Å². The van der Waals surface area contributed by atoms with Gasteiger partial charge >= 0.3 is 0 Å². The zero-order valence-corrected chi connectivity index (χ0v) is 11.2. The molecule has 1 atom stereocenters. The minimum atomic E-state index is -2.97. The number of aryl methyl sites for hydroxylation is 1. The van der Waals surface area contributed by atoms with Crippen molar-refractivity contribution in [2.24, 2.45) is 0 Å². The van der Waals surface area contributed by atoms with Gasteiger partial charge in [0.1, 0.15) is 5.76 Å². The van der Waals surface area contributed by atoms with E-state index >= 15 is 0 Å². The zero-order chi connectivity index (χ0) is 13.3. The number of sulfone groups is 1. The fraction of sp³-hybridized carbons (Fsp3) is 0.636. The molecule has 0 spiro atoms. The number of aromatic nitrogens is 1. The van der Waals surface area contributed by atoms with E-state index in [1.54, 1.807) is 14.0 Å². The van der Waals surface area contributed by atoms with Crippen LogP contribution < -0.4 is 0 Å². The molecule has 0 aromatic carbocycles. The summed E-state index contributed by atoms with van der Waals surface area (Å²) in [5.41, 5.74) is 0.691. The minimum Gasteiger partial charge on any atom is -0.448 e. The summed E-state index contributed by atoms with van der Waals surface area (Å²) in [5, 5.41) is 0. The molecule has 18 heavy (non-hydrogen) atoms. The monoisotopic (exact) mass is 272 g/mol. The summed E-state index contributed by atoms with van der Waals surface area (Å²) in [4.78, 5) is 17.4. The first-order chi connectivity index (χ1) is 8.39. The maximum atomic E-state index is 12.0. The largest absolute Gasteiger partial charge is 0.448 e. The van der Waals surface area contributed by atoms with Crippen LogP contribution >= 0.6 is 0 Å². The molecule has 1 amide bonds. The molecule has 7 heteroatoms. The summed E-state index contributed by atoms with van der Waals surface area (Å²) in [6, 6.07) is -0.217. The van der Waals surface area contributed by atoms with Crippen molar-refractivity contribution in [3.8, 4) is 0 Å². The Morgan fingerprint density at radius 1 is 1.61 bits per heavy atom. The second kappa shape index (κ2) is 4.72. The van der Waals surface area contributed by atoms with E-state index in [1.165, 1.54) is 11.3 Å². The SMILES string of the molecule is Cc1ncoc1CC(=O)N(C)C1CCS(=O)(=O)C1. The average molecular weight is 272 g/mol. The summed E-state index contributed by atoms with van der Waals surface area (Å²) in [7, 11) is -1.34. The maximum Gasteiger partial charge on any atom is 0.230 e. The highest BCUT2D eigenvalue weighted by Gasteiger charge is 2.32. The Morgan fingerprint density at radius 2 is 2.33 bits per heavy atom. The van der Waals surface area contributed by atoms with E-state index < -0.39 is 9.84 Å². The van der Waals surface area contributed by atoms with Crippen LogP contribution in [0.1, 0.15) is 17.9 Å². The number of amides is 1. The Kier molecular flexibility index (Phi) is 3.43. The highest BCUT2D eigenvalue weighted by Crippen LogP contribution is 2.18. The van der Waals surface area contributed by atoms with Crippen LogP contribution in [-0.4, -0.2) is 48.8 Å². The Labute approximate surface area is 106 Å². The number of hydrogen-bond acceptors (Lipinski definition) is 5. The standard InChI is InChI=1S/C11H16N2O4S/c1-8-10(17-7-12-8)5-11(14)13(2)9-3-4-18(15,16)6-9/h7,9H,3-6H2,1-2H3. The van der Waals surface area contributed by atoms with Gasteiger partial charge in [-0.25, -0.2) is 13.4 Å². The summed E-state index contributed by atoms with van der Waals surface area (Å²) in [5.74, 6) is 0.617. The third-order valence-corrected chi connectivity index (χ3v) is 5.06. The van der Waals surface area contributed by atoms with E-state index in [-0.39, 0.29) is 29.9 Å². The lowest BCUT2D eigenvalue weighted by molar-refractivity contribution is -0.131. The van der Waals surface area contributed by atoms with Gasteiger partial charge < -0.3 is 9.32 Å². The topological polar surface area (TPSA) is 80.5 Å².